The smallest absolute Gasteiger partial charge is 0.319 e. The lowest BCUT2D eigenvalue weighted by Gasteiger charge is -2.41. The van der Waals surface area contributed by atoms with Gasteiger partial charge in [0.1, 0.15) is 66.5 Å². The lowest BCUT2D eigenvalue weighted by atomic mass is 9.90. The zero-order valence-corrected chi connectivity index (χ0v) is 66.8. The highest BCUT2D eigenvalue weighted by atomic mass is 32.2. The average Bonchev–Trinajstić information content (AvgIpc) is 0.809. The number of thioether (sulfide) groups is 1. The Balaban J connectivity index is 4.49. The molecule has 0 aromatic carbocycles. The molecule has 0 saturated carbocycles. The molecule has 1 aliphatic rings. The lowest BCUT2D eigenvalue weighted by Crippen LogP contribution is -2.64. The van der Waals surface area contributed by atoms with Gasteiger partial charge in [0.15, 0.2) is 0 Å². The summed E-state index contributed by atoms with van der Waals surface area (Å²) in [5, 5.41) is 36.5. The molecule has 1 rings (SSSR count). The molecule has 0 bridgehead atoms. The molecule has 13 atom stereocenters. The first-order valence-corrected chi connectivity index (χ1v) is 38.0. The largest absolute Gasteiger partial charge is 0.465 e. The number of aliphatic hydroxyl groups excluding tert-OH is 2. The minimum Gasteiger partial charge on any atom is -0.465 e. The third-order valence-corrected chi connectivity index (χ3v) is 20.1. The summed E-state index contributed by atoms with van der Waals surface area (Å²) < 4.78 is 5.00. The molecular weight excluding hydrogens is 1320 g/mol. The second-order valence-corrected chi connectivity index (χ2v) is 31.3. The Morgan fingerprint density at radius 2 is 0.921 bits per heavy atom. The summed E-state index contributed by atoms with van der Waals surface area (Å²) in [4.78, 5) is 185. The molecule has 0 spiro atoms. The molecule has 0 unspecified atom stereocenters. The molecule has 0 aromatic heterocycles. The van der Waals surface area contributed by atoms with Crippen LogP contribution in [0.2, 0.25) is 0 Å². The van der Waals surface area contributed by atoms with E-state index in [1.807, 2.05) is 55.4 Å². The second kappa shape index (κ2) is 45.9. The topological polar surface area (TPSA) is 337 Å². The quantitative estimate of drug-likeness (QED) is 0.0406. The molecular formula is C73H134N12O15S. The van der Waals surface area contributed by atoms with Gasteiger partial charge < -0.3 is 75.8 Å². The number of rotatable bonds is 29. The first-order chi connectivity index (χ1) is 47.1. The van der Waals surface area contributed by atoms with Crippen molar-refractivity contribution in [2.45, 2.75) is 267 Å². The van der Waals surface area contributed by atoms with Gasteiger partial charge in [0.2, 0.25) is 65.0 Å². The molecule has 1 saturated heterocycles. The summed E-state index contributed by atoms with van der Waals surface area (Å²) in [6.45, 7) is 30.7. The van der Waals surface area contributed by atoms with E-state index >= 15 is 28.8 Å². The number of nitrogens with zero attached hydrogens (tertiary/aromatic N) is 7. The van der Waals surface area contributed by atoms with Crippen molar-refractivity contribution in [2.75, 3.05) is 87.1 Å². The molecule has 1 fully saturated rings. The Morgan fingerprint density at radius 1 is 0.475 bits per heavy atom. The highest BCUT2D eigenvalue weighted by Crippen LogP contribution is 2.27. The fraction of sp³-hybridized carbons (Fsp3) is 0.836. The predicted octanol–water partition coefficient (Wildman–Crippen LogP) is 4.28. The molecule has 1 heterocycles. The number of hydrogen-bond donors (Lipinski definition) is 7. The van der Waals surface area contributed by atoms with Gasteiger partial charge >= 0.3 is 5.97 Å². The summed E-state index contributed by atoms with van der Waals surface area (Å²) >= 11 is 1.35. The summed E-state index contributed by atoms with van der Waals surface area (Å²) in [7, 11) is 10.0. The van der Waals surface area contributed by atoms with Crippen LogP contribution >= 0.6 is 11.8 Å². The number of nitrogens with one attached hydrogen (secondary N) is 5. The van der Waals surface area contributed by atoms with Crippen LogP contribution in [0.15, 0.2) is 0 Å². The number of aliphatic hydroxyl groups is 2. The van der Waals surface area contributed by atoms with E-state index in [9.17, 15) is 39.0 Å². The van der Waals surface area contributed by atoms with Crippen LogP contribution in [-0.2, 0) is 62.3 Å². The molecule has 0 aliphatic carbocycles. The first kappa shape index (κ1) is 92.9. The van der Waals surface area contributed by atoms with E-state index in [4.69, 9.17) is 4.74 Å². The first-order valence-electron chi connectivity index (χ1n) is 36.9. The Kier molecular flexibility index (Phi) is 42.2. The van der Waals surface area contributed by atoms with Gasteiger partial charge in [0.05, 0.1) is 19.3 Å². The summed E-state index contributed by atoms with van der Waals surface area (Å²) in [6.07, 6.45) is 3.26. The van der Waals surface area contributed by atoms with E-state index < -0.39 is 155 Å². The highest BCUT2D eigenvalue weighted by Gasteiger charge is 2.46. The van der Waals surface area contributed by atoms with Gasteiger partial charge in [0.25, 0.3) is 0 Å². The van der Waals surface area contributed by atoms with Crippen LogP contribution in [0.3, 0.4) is 0 Å². The summed E-state index contributed by atoms with van der Waals surface area (Å²) in [5.41, 5.74) is 0. The van der Waals surface area contributed by atoms with Gasteiger partial charge in [-0.1, -0.05) is 116 Å². The van der Waals surface area contributed by atoms with Crippen molar-refractivity contribution in [3.63, 3.8) is 0 Å². The van der Waals surface area contributed by atoms with Crippen LogP contribution in [0, 0.1) is 41.4 Å². The maximum absolute atomic E-state index is 15.6. The van der Waals surface area contributed by atoms with Crippen molar-refractivity contribution in [1.82, 2.24) is 60.9 Å². The fourth-order valence-corrected chi connectivity index (χ4v) is 13.8. The Morgan fingerprint density at radius 3 is 1.42 bits per heavy atom. The number of carbonyl (C=O) groups excluding carboxylic acids is 12. The number of esters is 1. The van der Waals surface area contributed by atoms with E-state index in [1.165, 1.54) is 104 Å². The molecule has 27 nitrogen and oxygen atoms in total. The van der Waals surface area contributed by atoms with Gasteiger partial charge in [-0.3, -0.25) is 57.5 Å². The fourth-order valence-electron chi connectivity index (χ4n) is 12.6. The van der Waals surface area contributed by atoms with Crippen molar-refractivity contribution < 1.29 is 72.5 Å². The minimum atomic E-state index is -1.67. The molecule has 1 aliphatic heterocycles. The van der Waals surface area contributed by atoms with Gasteiger partial charge in [-0.15, -0.1) is 0 Å². The van der Waals surface area contributed by atoms with Gasteiger partial charge in [0, 0.05) is 61.7 Å². The zero-order valence-electron chi connectivity index (χ0n) is 65.9. The van der Waals surface area contributed by atoms with E-state index in [0.29, 0.717) is 38.0 Å². The van der Waals surface area contributed by atoms with Gasteiger partial charge in [-0.05, 0) is 132 Å². The van der Waals surface area contributed by atoms with Crippen LogP contribution in [0.25, 0.3) is 0 Å². The van der Waals surface area contributed by atoms with Gasteiger partial charge in [-0.25, -0.2) is 0 Å². The van der Waals surface area contributed by atoms with E-state index in [0.717, 1.165) is 24.2 Å². The molecule has 11 amide bonds. The number of amides is 11. The predicted molar refractivity (Wildman–Crippen MR) is 394 cm³/mol. The monoisotopic (exact) mass is 1450 g/mol. The Bertz CT molecular complexity index is 2670. The van der Waals surface area contributed by atoms with Crippen molar-refractivity contribution in [1.29, 1.82) is 0 Å². The van der Waals surface area contributed by atoms with Crippen molar-refractivity contribution in [2.24, 2.45) is 41.4 Å². The molecule has 0 radical (unpaired) electrons. The normalized spacial score (nSPS) is 25.1. The highest BCUT2D eigenvalue weighted by molar-refractivity contribution is 7.99. The Labute approximate surface area is 609 Å². The molecule has 582 valence electrons. The number of likely N-dealkylation sites (N-methyl/N-ethyl adjacent to an activating group) is 7. The molecule has 7 N–H and O–H groups in total. The number of ether oxygens (including phenoxy) is 1. The maximum Gasteiger partial charge on any atom is 0.319 e. The SMILES string of the molecule is CCOC(=O)CNCCCCCC[C@@H](C)[C@@H](O)[C@H]1C(=O)N[C@@H](CC)C(=O)N(C)[C@H](CSCCCCO)C(=O)N(C)[C@@H](CC(C)C)C(=O)N[C@@H](C(C)C)C(=O)N(C)[C@@H](CC(C)C)C(=O)N[C@@H](C)C(=O)N[C@H](C)C(=O)N(C)[C@@H](CC(C)C)C(=O)N(C)[C@@H](CC(C)C)C(=O)N(C)[C@@H](C(C)C)C(=O)N1C. The summed E-state index contributed by atoms with van der Waals surface area (Å²) in [6, 6.07) is -14.1. The van der Waals surface area contributed by atoms with Crippen molar-refractivity contribution in [3.05, 3.63) is 0 Å². The molecule has 0 aromatic rings. The third-order valence-electron chi connectivity index (χ3n) is 18.9. The second-order valence-electron chi connectivity index (χ2n) is 30.2. The summed E-state index contributed by atoms with van der Waals surface area (Å²) in [5.74, 6) is -9.97. The van der Waals surface area contributed by atoms with E-state index in [1.54, 1.807) is 48.5 Å². The van der Waals surface area contributed by atoms with Gasteiger partial charge in [-0.2, -0.15) is 11.8 Å². The lowest BCUT2D eigenvalue weighted by molar-refractivity contribution is -0.157. The van der Waals surface area contributed by atoms with Crippen molar-refractivity contribution >= 4 is 82.7 Å². The Hall–Kier alpha value is -6.13. The van der Waals surface area contributed by atoms with Crippen LogP contribution in [0.1, 0.15) is 195 Å². The van der Waals surface area contributed by atoms with Crippen LogP contribution < -0.4 is 26.6 Å². The van der Waals surface area contributed by atoms with E-state index in [-0.39, 0.29) is 87.3 Å². The number of hydrogen-bond acceptors (Lipinski definition) is 17. The van der Waals surface area contributed by atoms with Crippen molar-refractivity contribution in [3.8, 4) is 0 Å². The van der Waals surface area contributed by atoms with Crippen LogP contribution in [0.4, 0.5) is 0 Å². The van der Waals surface area contributed by atoms with Crippen LogP contribution in [0.5, 0.6) is 0 Å². The number of carbonyl (C=O) groups is 12. The number of unbranched alkanes of at least 4 members (excludes halogenated alkanes) is 4. The third kappa shape index (κ3) is 29.1. The van der Waals surface area contributed by atoms with Crippen LogP contribution in [-0.4, -0.2) is 275 Å². The minimum absolute atomic E-state index is 0.0203. The maximum atomic E-state index is 15.6. The average molecular weight is 1450 g/mol. The standard InChI is InChI=1S/C73H134N12O15S/c1-25-52-68(94)83(22)57(42-101-36-32-31-35-86)71(97)79(18)54(38-44(5)6)65(91)78-59(47(11)12)72(98)80(19)53(37-43(3)4)64(90)75-50(16)63(89)76-51(17)67(93)81(20)55(39-45(7)8)69(95)82(21)56(40-46(9)10)70(96)84(23)60(48(13)14)73(99)85(24)61(66(92)77-52)62(88)49(15)33-29-27-28-30-34-74-41-58(87)100-26-2/h43-57,59-62,74,86,88H,25-42H2,1-24H3,(H,75,90)(H,76,89)(H,77,92)(H,78,91)/t49-,50+,51-,52+,53+,54+,55+,56+,57-,59+,60+,61+,62-/m1/s1. The molecule has 28 heteroatoms. The van der Waals surface area contributed by atoms with E-state index in [2.05, 4.69) is 26.6 Å². The molecule has 101 heavy (non-hydrogen) atoms. The zero-order chi connectivity index (χ0) is 77.6.